The van der Waals surface area contributed by atoms with Crippen molar-refractivity contribution in [1.29, 1.82) is 0 Å². The van der Waals surface area contributed by atoms with Crippen LogP contribution in [0.3, 0.4) is 0 Å². The van der Waals surface area contributed by atoms with Gasteiger partial charge in [-0.05, 0) is 37.7 Å². The first-order valence-corrected chi connectivity index (χ1v) is 8.91. The SMILES string of the molecule is CCOCCC1(CN=C(N)Nc2ccccc2COC)CCCC1.I. The van der Waals surface area contributed by atoms with Crippen molar-refractivity contribution in [3.63, 3.8) is 0 Å². The first kappa shape index (κ1) is 22.2. The Morgan fingerprint density at radius 3 is 2.68 bits per heavy atom. The summed E-state index contributed by atoms with van der Waals surface area (Å²) in [4.78, 5) is 4.64. The number of benzene rings is 1. The van der Waals surface area contributed by atoms with Crippen molar-refractivity contribution < 1.29 is 9.47 Å². The van der Waals surface area contributed by atoms with Crippen LogP contribution in [0.2, 0.25) is 0 Å². The second-order valence-corrected chi connectivity index (χ2v) is 6.57. The molecule has 0 saturated heterocycles. The Labute approximate surface area is 168 Å². The molecule has 0 bridgehead atoms. The summed E-state index contributed by atoms with van der Waals surface area (Å²) in [5, 5.41) is 3.22. The van der Waals surface area contributed by atoms with Gasteiger partial charge in [0, 0.05) is 38.1 Å². The van der Waals surface area contributed by atoms with Gasteiger partial charge >= 0.3 is 0 Å². The van der Waals surface area contributed by atoms with Gasteiger partial charge in [-0.15, -0.1) is 24.0 Å². The fraction of sp³-hybridized carbons (Fsp3) is 0.632. The second-order valence-electron chi connectivity index (χ2n) is 6.57. The Kier molecular flexibility index (Phi) is 10.4. The van der Waals surface area contributed by atoms with E-state index >= 15 is 0 Å². The van der Waals surface area contributed by atoms with Crippen LogP contribution in [0.25, 0.3) is 0 Å². The van der Waals surface area contributed by atoms with Gasteiger partial charge < -0.3 is 20.5 Å². The standard InChI is InChI=1S/C19H31N3O2.HI/c1-3-24-13-12-19(10-6-7-11-19)15-21-18(20)22-17-9-5-4-8-16(17)14-23-2;/h4-5,8-9H,3,6-7,10-15H2,1-2H3,(H3,20,21,22);1H. The molecule has 2 rings (SSSR count). The zero-order valence-electron chi connectivity index (χ0n) is 15.4. The molecule has 1 fully saturated rings. The van der Waals surface area contributed by atoms with Crippen molar-refractivity contribution in [2.75, 3.05) is 32.2 Å². The molecule has 0 aromatic heterocycles. The molecular weight excluding hydrogens is 429 g/mol. The number of para-hydroxylation sites is 1. The number of ether oxygens (including phenoxy) is 2. The summed E-state index contributed by atoms with van der Waals surface area (Å²) in [6.45, 7) is 4.95. The van der Waals surface area contributed by atoms with Crippen LogP contribution in [0.15, 0.2) is 29.3 Å². The van der Waals surface area contributed by atoms with Gasteiger partial charge in [-0.3, -0.25) is 4.99 Å². The highest BCUT2D eigenvalue weighted by atomic mass is 127. The number of nitrogens with one attached hydrogen (secondary N) is 1. The Bertz CT molecular complexity index is 531. The molecule has 142 valence electrons. The second kappa shape index (κ2) is 11.7. The molecule has 0 radical (unpaired) electrons. The van der Waals surface area contributed by atoms with Crippen LogP contribution >= 0.6 is 24.0 Å². The minimum absolute atomic E-state index is 0. The smallest absolute Gasteiger partial charge is 0.193 e. The maximum atomic E-state index is 6.13. The van der Waals surface area contributed by atoms with Crippen LogP contribution in [0.4, 0.5) is 5.69 Å². The van der Waals surface area contributed by atoms with E-state index in [9.17, 15) is 0 Å². The summed E-state index contributed by atoms with van der Waals surface area (Å²) in [6.07, 6.45) is 6.07. The summed E-state index contributed by atoms with van der Waals surface area (Å²) in [5.41, 5.74) is 8.42. The Morgan fingerprint density at radius 1 is 1.28 bits per heavy atom. The Balaban J connectivity index is 0.00000312. The van der Waals surface area contributed by atoms with Crippen molar-refractivity contribution in [3.8, 4) is 0 Å². The molecule has 1 aliphatic rings. The van der Waals surface area contributed by atoms with Gasteiger partial charge in [-0.2, -0.15) is 0 Å². The average Bonchev–Trinajstić information content (AvgIpc) is 3.05. The fourth-order valence-corrected chi connectivity index (χ4v) is 3.40. The number of nitrogens with zero attached hydrogens (tertiary/aromatic N) is 1. The molecule has 1 aromatic carbocycles. The lowest BCUT2D eigenvalue weighted by Crippen LogP contribution is -2.28. The number of nitrogens with two attached hydrogens (primary N) is 1. The van der Waals surface area contributed by atoms with Gasteiger partial charge in [-0.25, -0.2) is 0 Å². The third kappa shape index (κ3) is 7.11. The van der Waals surface area contributed by atoms with Gasteiger partial charge in [-0.1, -0.05) is 31.0 Å². The van der Waals surface area contributed by atoms with Gasteiger partial charge in [0.25, 0.3) is 0 Å². The van der Waals surface area contributed by atoms with E-state index in [1.54, 1.807) is 7.11 Å². The topological polar surface area (TPSA) is 68.9 Å². The predicted molar refractivity (Wildman–Crippen MR) is 115 cm³/mol. The maximum absolute atomic E-state index is 6.13. The van der Waals surface area contributed by atoms with Gasteiger partial charge in [0.2, 0.25) is 0 Å². The largest absolute Gasteiger partial charge is 0.382 e. The lowest BCUT2D eigenvalue weighted by atomic mass is 9.83. The number of hydrogen-bond acceptors (Lipinski definition) is 3. The Morgan fingerprint density at radius 2 is 2.00 bits per heavy atom. The van der Waals surface area contributed by atoms with Crippen molar-refractivity contribution in [1.82, 2.24) is 0 Å². The van der Waals surface area contributed by atoms with E-state index < -0.39 is 0 Å². The van der Waals surface area contributed by atoms with E-state index in [0.717, 1.165) is 37.4 Å². The molecule has 0 aliphatic heterocycles. The molecule has 6 heteroatoms. The first-order chi connectivity index (χ1) is 11.7. The van der Waals surface area contributed by atoms with Gasteiger partial charge in [0.05, 0.1) is 6.61 Å². The fourth-order valence-electron chi connectivity index (χ4n) is 3.40. The Hall–Kier alpha value is -0.860. The molecule has 5 nitrogen and oxygen atoms in total. The van der Waals surface area contributed by atoms with Crippen LogP contribution in [0.5, 0.6) is 0 Å². The van der Waals surface area contributed by atoms with Crippen molar-refractivity contribution >= 4 is 35.6 Å². The normalized spacial score (nSPS) is 16.5. The zero-order chi connectivity index (χ0) is 17.3. The molecule has 0 heterocycles. The summed E-state index contributed by atoms with van der Waals surface area (Å²) < 4.78 is 10.8. The van der Waals surface area contributed by atoms with E-state index in [1.165, 1.54) is 25.7 Å². The summed E-state index contributed by atoms with van der Waals surface area (Å²) in [5.74, 6) is 0.473. The average molecular weight is 461 g/mol. The molecule has 3 N–H and O–H groups in total. The quantitative estimate of drug-likeness (QED) is 0.251. The van der Waals surface area contributed by atoms with Gasteiger partial charge in [0.15, 0.2) is 5.96 Å². The molecule has 25 heavy (non-hydrogen) atoms. The molecule has 1 aromatic rings. The summed E-state index contributed by atoms with van der Waals surface area (Å²) >= 11 is 0. The lowest BCUT2D eigenvalue weighted by molar-refractivity contribution is 0.107. The van der Waals surface area contributed by atoms with Crippen LogP contribution in [0.1, 0.15) is 44.6 Å². The molecule has 1 saturated carbocycles. The molecular formula is C19H32IN3O2. The van der Waals surface area contributed by atoms with Gasteiger partial charge in [0.1, 0.15) is 0 Å². The van der Waals surface area contributed by atoms with E-state index in [0.29, 0.717) is 12.6 Å². The number of aliphatic imine (C=N–C) groups is 1. The number of halogens is 1. The molecule has 0 atom stereocenters. The highest BCUT2D eigenvalue weighted by molar-refractivity contribution is 14.0. The molecule has 1 aliphatic carbocycles. The minimum Gasteiger partial charge on any atom is -0.382 e. The first-order valence-electron chi connectivity index (χ1n) is 8.91. The maximum Gasteiger partial charge on any atom is 0.193 e. The number of guanidine groups is 1. The van der Waals surface area contributed by atoms with Crippen molar-refractivity contribution in [2.45, 2.75) is 45.6 Å². The van der Waals surface area contributed by atoms with E-state index in [2.05, 4.69) is 10.3 Å². The van der Waals surface area contributed by atoms with E-state index in [-0.39, 0.29) is 29.4 Å². The molecule has 0 amide bonds. The third-order valence-electron chi connectivity index (χ3n) is 4.81. The van der Waals surface area contributed by atoms with Crippen LogP contribution in [0, 0.1) is 5.41 Å². The predicted octanol–water partition coefficient (Wildman–Crippen LogP) is 4.16. The number of methoxy groups -OCH3 is 1. The number of rotatable bonds is 9. The monoisotopic (exact) mass is 461 g/mol. The highest BCUT2D eigenvalue weighted by Gasteiger charge is 2.33. The highest BCUT2D eigenvalue weighted by Crippen LogP contribution is 2.41. The molecule has 0 unspecified atom stereocenters. The summed E-state index contributed by atoms with van der Waals surface area (Å²) in [6, 6.07) is 8.00. The zero-order valence-corrected chi connectivity index (χ0v) is 17.8. The van der Waals surface area contributed by atoms with Crippen molar-refractivity contribution in [2.24, 2.45) is 16.1 Å². The number of anilines is 1. The summed E-state index contributed by atoms with van der Waals surface area (Å²) in [7, 11) is 1.69. The van der Waals surface area contributed by atoms with E-state index in [1.807, 2.05) is 31.2 Å². The van der Waals surface area contributed by atoms with Crippen molar-refractivity contribution in [3.05, 3.63) is 29.8 Å². The van der Waals surface area contributed by atoms with E-state index in [4.69, 9.17) is 15.2 Å². The number of hydrogen-bond donors (Lipinski definition) is 2. The van der Waals surface area contributed by atoms with Crippen LogP contribution in [-0.4, -0.2) is 32.8 Å². The van der Waals surface area contributed by atoms with Crippen LogP contribution < -0.4 is 11.1 Å². The minimum atomic E-state index is 0. The lowest BCUT2D eigenvalue weighted by Gasteiger charge is -2.27. The third-order valence-corrected chi connectivity index (χ3v) is 4.81. The molecule has 0 spiro atoms. The van der Waals surface area contributed by atoms with Crippen LogP contribution in [-0.2, 0) is 16.1 Å².